The van der Waals surface area contributed by atoms with E-state index in [1.807, 2.05) is 6.92 Å². The van der Waals surface area contributed by atoms with Gasteiger partial charge in [-0.3, -0.25) is 4.79 Å². The van der Waals surface area contributed by atoms with Gasteiger partial charge in [0.15, 0.2) is 0 Å². The van der Waals surface area contributed by atoms with E-state index in [0.29, 0.717) is 6.54 Å². The Bertz CT molecular complexity index is 123. The number of carbonyl (C=O) groups is 1. The van der Waals surface area contributed by atoms with Crippen molar-refractivity contribution in [1.82, 2.24) is 5.32 Å². The zero-order valence-electron chi connectivity index (χ0n) is 6.26. The van der Waals surface area contributed by atoms with Gasteiger partial charge in [-0.25, -0.2) is 0 Å². The van der Waals surface area contributed by atoms with Crippen LogP contribution in [0.2, 0.25) is 0 Å². The molecular weight excluding hydrogens is 128 g/mol. The number of nitrogens with one attached hydrogen (secondary N) is 1. The van der Waals surface area contributed by atoms with E-state index in [1.54, 1.807) is 6.08 Å². The predicted octanol–water partition coefficient (Wildman–Crippen LogP) is 0.0259. The van der Waals surface area contributed by atoms with E-state index in [1.165, 1.54) is 0 Å². The average Bonchev–Trinajstić information content (AvgIpc) is 1.89. The topological polar surface area (TPSA) is 55.1 Å². The molecule has 0 aliphatic carbocycles. The largest absolute Gasteiger partial charge is 0.368 e. The summed E-state index contributed by atoms with van der Waals surface area (Å²) in [5.41, 5.74) is 5.05. The Hall–Kier alpha value is -0.830. The van der Waals surface area contributed by atoms with Gasteiger partial charge in [0.05, 0.1) is 6.04 Å². The number of primary amides is 1. The Morgan fingerprint density at radius 2 is 2.50 bits per heavy atom. The van der Waals surface area contributed by atoms with Gasteiger partial charge in [-0.2, -0.15) is 0 Å². The molecule has 0 rings (SSSR count). The first-order valence-corrected chi connectivity index (χ1v) is 3.36. The summed E-state index contributed by atoms with van der Waals surface area (Å²) >= 11 is 0. The zero-order valence-corrected chi connectivity index (χ0v) is 6.26. The van der Waals surface area contributed by atoms with Crippen molar-refractivity contribution in [2.75, 3.05) is 6.54 Å². The van der Waals surface area contributed by atoms with Crippen LogP contribution in [0.1, 0.15) is 13.3 Å². The molecule has 1 atom stereocenters. The maximum Gasteiger partial charge on any atom is 0.234 e. The summed E-state index contributed by atoms with van der Waals surface area (Å²) in [5, 5.41) is 2.93. The highest BCUT2D eigenvalue weighted by Crippen LogP contribution is 1.87. The van der Waals surface area contributed by atoms with E-state index in [-0.39, 0.29) is 11.9 Å². The summed E-state index contributed by atoms with van der Waals surface area (Å²) in [5.74, 6) is -0.302. The highest BCUT2D eigenvalue weighted by molar-refractivity contribution is 5.79. The second-order valence-corrected chi connectivity index (χ2v) is 2.06. The van der Waals surface area contributed by atoms with Gasteiger partial charge in [-0.05, 0) is 6.42 Å². The van der Waals surface area contributed by atoms with Crippen molar-refractivity contribution in [3.8, 4) is 0 Å². The molecule has 0 fully saturated rings. The molecule has 10 heavy (non-hydrogen) atoms. The van der Waals surface area contributed by atoms with E-state index in [9.17, 15) is 4.79 Å². The van der Waals surface area contributed by atoms with Crippen LogP contribution in [0, 0.1) is 0 Å². The fourth-order valence-electron chi connectivity index (χ4n) is 0.672. The van der Waals surface area contributed by atoms with Crippen LogP contribution in [0.3, 0.4) is 0 Å². The second kappa shape index (κ2) is 4.99. The van der Waals surface area contributed by atoms with Crippen molar-refractivity contribution >= 4 is 5.91 Å². The summed E-state index contributed by atoms with van der Waals surface area (Å²) in [4.78, 5) is 10.6. The van der Waals surface area contributed by atoms with E-state index < -0.39 is 0 Å². The molecule has 0 aromatic rings. The zero-order chi connectivity index (χ0) is 7.98. The van der Waals surface area contributed by atoms with E-state index in [4.69, 9.17) is 5.73 Å². The Kier molecular flexibility index (Phi) is 4.58. The second-order valence-electron chi connectivity index (χ2n) is 2.06. The molecule has 0 heterocycles. The Balaban J connectivity index is 3.60. The van der Waals surface area contributed by atoms with Crippen molar-refractivity contribution in [2.24, 2.45) is 5.73 Å². The van der Waals surface area contributed by atoms with Crippen molar-refractivity contribution in [2.45, 2.75) is 19.4 Å². The number of carbonyl (C=O) groups excluding carboxylic acids is 1. The molecule has 3 N–H and O–H groups in total. The van der Waals surface area contributed by atoms with Crippen molar-refractivity contribution in [1.29, 1.82) is 0 Å². The highest BCUT2D eigenvalue weighted by Gasteiger charge is 2.09. The van der Waals surface area contributed by atoms with Crippen LogP contribution >= 0.6 is 0 Å². The number of hydrogen-bond donors (Lipinski definition) is 2. The molecule has 0 spiro atoms. The molecule has 0 aliphatic heterocycles. The first kappa shape index (κ1) is 9.17. The molecule has 0 aromatic heterocycles. The molecular formula is C7H14N2O. The smallest absolute Gasteiger partial charge is 0.234 e. The summed E-state index contributed by atoms with van der Waals surface area (Å²) in [6, 6.07) is -0.210. The predicted molar refractivity (Wildman–Crippen MR) is 41.5 cm³/mol. The van der Waals surface area contributed by atoms with Gasteiger partial charge in [-0.1, -0.05) is 13.0 Å². The summed E-state index contributed by atoms with van der Waals surface area (Å²) in [6.07, 6.45) is 2.43. The van der Waals surface area contributed by atoms with Gasteiger partial charge >= 0.3 is 0 Å². The van der Waals surface area contributed by atoms with Crippen LogP contribution in [-0.4, -0.2) is 18.5 Å². The average molecular weight is 142 g/mol. The molecule has 58 valence electrons. The summed E-state index contributed by atoms with van der Waals surface area (Å²) in [6.45, 7) is 6.05. The molecule has 0 bridgehead atoms. The first-order chi connectivity index (χ1) is 4.72. The fraction of sp³-hybridized carbons (Fsp3) is 0.571. The molecule has 3 heteroatoms. The summed E-state index contributed by atoms with van der Waals surface area (Å²) < 4.78 is 0. The lowest BCUT2D eigenvalue weighted by atomic mass is 10.2. The Morgan fingerprint density at radius 1 is 1.90 bits per heavy atom. The molecule has 3 nitrogen and oxygen atoms in total. The van der Waals surface area contributed by atoms with Crippen LogP contribution in [0.4, 0.5) is 0 Å². The van der Waals surface area contributed by atoms with Crippen LogP contribution in [0.15, 0.2) is 12.7 Å². The van der Waals surface area contributed by atoms with Crippen molar-refractivity contribution in [3.63, 3.8) is 0 Å². The third-order valence-corrected chi connectivity index (χ3v) is 1.26. The third kappa shape index (κ3) is 3.25. The molecule has 0 aromatic carbocycles. The van der Waals surface area contributed by atoms with Gasteiger partial charge in [0, 0.05) is 6.54 Å². The monoisotopic (exact) mass is 142 g/mol. The van der Waals surface area contributed by atoms with Crippen LogP contribution in [-0.2, 0) is 4.79 Å². The fourth-order valence-corrected chi connectivity index (χ4v) is 0.672. The maximum atomic E-state index is 10.6. The normalized spacial score (nSPS) is 12.5. The molecule has 1 amide bonds. The van der Waals surface area contributed by atoms with Crippen LogP contribution in [0.5, 0.6) is 0 Å². The third-order valence-electron chi connectivity index (χ3n) is 1.26. The maximum absolute atomic E-state index is 10.6. The van der Waals surface area contributed by atoms with Gasteiger partial charge in [0.25, 0.3) is 0 Å². The van der Waals surface area contributed by atoms with Gasteiger partial charge < -0.3 is 11.1 Å². The number of rotatable bonds is 5. The molecule has 0 saturated heterocycles. The minimum absolute atomic E-state index is 0.210. The summed E-state index contributed by atoms with van der Waals surface area (Å²) in [7, 11) is 0. The quantitative estimate of drug-likeness (QED) is 0.532. The number of hydrogen-bond acceptors (Lipinski definition) is 2. The lowest BCUT2D eigenvalue weighted by molar-refractivity contribution is -0.120. The first-order valence-electron chi connectivity index (χ1n) is 3.36. The van der Waals surface area contributed by atoms with Gasteiger partial charge in [0.1, 0.15) is 0 Å². The van der Waals surface area contributed by atoms with Gasteiger partial charge in [-0.15, -0.1) is 6.58 Å². The van der Waals surface area contributed by atoms with E-state index in [2.05, 4.69) is 11.9 Å². The minimum atomic E-state index is -0.302. The molecule has 0 saturated carbocycles. The number of amides is 1. The van der Waals surface area contributed by atoms with E-state index >= 15 is 0 Å². The molecule has 0 aliphatic rings. The lowest BCUT2D eigenvalue weighted by Crippen LogP contribution is -2.40. The standard InChI is InChI=1S/C7H14N2O/c1-3-5-9-6(4-2)7(8)10/h3,6,9H,1,4-5H2,2H3,(H2,8,10)/t6-/m0/s1. The Morgan fingerprint density at radius 3 is 2.80 bits per heavy atom. The van der Waals surface area contributed by atoms with Gasteiger partial charge in [0.2, 0.25) is 5.91 Å². The Labute approximate surface area is 61.3 Å². The lowest BCUT2D eigenvalue weighted by Gasteiger charge is -2.10. The highest BCUT2D eigenvalue weighted by atomic mass is 16.1. The minimum Gasteiger partial charge on any atom is -0.368 e. The van der Waals surface area contributed by atoms with E-state index in [0.717, 1.165) is 6.42 Å². The molecule has 0 unspecified atom stereocenters. The van der Waals surface area contributed by atoms with Crippen molar-refractivity contribution in [3.05, 3.63) is 12.7 Å². The van der Waals surface area contributed by atoms with Crippen LogP contribution < -0.4 is 11.1 Å². The van der Waals surface area contributed by atoms with Crippen molar-refractivity contribution < 1.29 is 4.79 Å². The molecule has 0 radical (unpaired) electrons. The van der Waals surface area contributed by atoms with Crippen LogP contribution in [0.25, 0.3) is 0 Å². The number of nitrogens with two attached hydrogens (primary N) is 1. The SMILES string of the molecule is C=CCN[C@@H](CC)C(N)=O.